The van der Waals surface area contributed by atoms with Crippen LogP contribution in [0, 0.1) is 19.8 Å². The van der Waals surface area contributed by atoms with Crippen molar-refractivity contribution in [3.63, 3.8) is 0 Å². The molecule has 1 fully saturated rings. The summed E-state index contributed by atoms with van der Waals surface area (Å²) in [6.07, 6.45) is 1.00. The van der Waals surface area contributed by atoms with Crippen molar-refractivity contribution in [1.29, 1.82) is 0 Å². The van der Waals surface area contributed by atoms with Gasteiger partial charge >= 0.3 is 0 Å². The Bertz CT molecular complexity index is 704. The molecule has 0 N–H and O–H groups in total. The topological polar surface area (TPSA) is 51.0 Å². The molecule has 0 saturated heterocycles. The minimum Gasteiger partial charge on any atom is -0.333 e. The van der Waals surface area contributed by atoms with Gasteiger partial charge in [0.05, 0.1) is 6.54 Å². The second-order valence-corrected chi connectivity index (χ2v) is 7.29. The summed E-state index contributed by atoms with van der Waals surface area (Å²) < 4.78 is 2.11. The number of carbonyl (C=O) groups excluding carboxylic acids is 1. The lowest BCUT2D eigenvalue weighted by molar-refractivity contribution is -0.134. The summed E-state index contributed by atoms with van der Waals surface area (Å²) in [5.41, 5.74) is 0. The predicted molar refractivity (Wildman–Crippen MR) is 80.1 cm³/mol. The Kier molecular flexibility index (Phi) is 2.89. The normalized spacial score (nSPS) is 24.0. The number of thiophene rings is 1. The zero-order valence-corrected chi connectivity index (χ0v) is 13.1. The molecule has 3 heterocycles. The van der Waals surface area contributed by atoms with Gasteiger partial charge in [0.2, 0.25) is 5.91 Å². The van der Waals surface area contributed by atoms with Crippen molar-refractivity contribution in [3.05, 3.63) is 33.5 Å². The fraction of sp³-hybridized carbons (Fsp3) is 0.533. The minimum absolute atomic E-state index is 0.179. The molecule has 1 aliphatic heterocycles. The van der Waals surface area contributed by atoms with Crippen LogP contribution in [-0.2, 0) is 17.9 Å². The van der Waals surface area contributed by atoms with Crippen molar-refractivity contribution in [2.45, 2.75) is 39.3 Å². The maximum absolute atomic E-state index is 12.6. The van der Waals surface area contributed by atoms with Crippen LogP contribution in [0.5, 0.6) is 0 Å². The molecule has 21 heavy (non-hydrogen) atoms. The fourth-order valence-corrected chi connectivity index (χ4v) is 4.22. The molecule has 0 radical (unpaired) electrons. The van der Waals surface area contributed by atoms with Gasteiger partial charge in [0.1, 0.15) is 5.82 Å². The van der Waals surface area contributed by atoms with Gasteiger partial charge in [-0.25, -0.2) is 0 Å². The summed E-state index contributed by atoms with van der Waals surface area (Å²) >= 11 is 1.82. The van der Waals surface area contributed by atoms with Gasteiger partial charge in [-0.15, -0.1) is 21.5 Å². The Balaban J connectivity index is 1.45. The van der Waals surface area contributed by atoms with E-state index < -0.39 is 0 Å². The van der Waals surface area contributed by atoms with E-state index in [1.54, 1.807) is 0 Å². The van der Waals surface area contributed by atoms with Gasteiger partial charge in [-0.2, -0.15) is 0 Å². The van der Waals surface area contributed by atoms with Crippen LogP contribution in [0.4, 0.5) is 0 Å². The Morgan fingerprint density at radius 3 is 2.90 bits per heavy atom. The molecule has 0 bridgehead atoms. The third-order valence-corrected chi connectivity index (χ3v) is 5.62. The summed E-state index contributed by atoms with van der Waals surface area (Å²) in [6.45, 7) is 6.27. The average molecular weight is 302 g/mol. The lowest BCUT2D eigenvalue weighted by Gasteiger charge is -2.27. The summed E-state index contributed by atoms with van der Waals surface area (Å²) in [5.74, 6) is 2.76. The Morgan fingerprint density at radius 2 is 2.14 bits per heavy atom. The number of aryl methyl sites for hydroxylation is 2. The largest absolute Gasteiger partial charge is 0.333 e. The van der Waals surface area contributed by atoms with E-state index in [2.05, 4.69) is 33.8 Å². The number of hydrogen-bond donors (Lipinski definition) is 0. The third-order valence-electron chi connectivity index (χ3n) is 4.48. The SMILES string of the molecule is Cc1ccc([C@H]2C[C@@H]2C(=O)N2CCn3c(C)nnc3C2)s1. The Morgan fingerprint density at radius 1 is 1.29 bits per heavy atom. The van der Waals surface area contributed by atoms with Gasteiger partial charge in [-0.3, -0.25) is 4.79 Å². The zero-order valence-electron chi connectivity index (χ0n) is 12.2. The summed E-state index contributed by atoms with van der Waals surface area (Å²) in [5, 5.41) is 8.26. The fourth-order valence-electron chi connectivity index (χ4n) is 3.16. The number of nitrogens with zero attached hydrogens (tertiary/aromatic N) is 4. The smallest absolute Gasteiger partial charge is 0.226 e. The molecule has 0 spiro atoms. The Labute approximate surface area is 127 Å². The molecular formula is C15H18N4OS. The van der Waals surface area contributed by atoms with Crippen molar-refractivity contribution in [1.82, 2.24) is 19.7 Å². The number of amides is 1. The van der Waals surface area contributed by atoms with Crippen LogP contribution in [0.15, 0.2) is 12.1 Å². The van der Waals surface area contributed by atoms with Gasteiger partial charge in [0.25, 0.3) is 0 Å². The second kappa shape index (κ2) is 4.66. The highest BCUT2D eigenvalue weighted by Crippen LogP contribution is 2.50. The van der Waals surface area contributed by atoms with Gasteiger partial charge < -0.3 is 9.47 Å². The Hall–Kier alpha value is -1.69. The maximum atomic E-state index is 12.6. The van der Waals surface area contributed by atoms with Crippen LogP contribution in [0.1, 0.15) is 33.7 Å². The maximum Gasteiger partial charge on any atom is 0.226 e. The first-order valence-corrected chi connectivity index (χ1v) is 8.19. The third kappa shape index (κ3) is 2.18. The summed E-state index contributed by atoms with van der Waals surface area (Å²) in [7, 11) is 0. The molecule has 4 rings (SSSR count). The van der Waals surface area contributed by atoms with Crippen LogP contribution < -0.4 is 0 Å². The van der Waals surface area contributed by atoms with Crippen LogP contribution in [-0.4, -0.2) is 32.1 Å². The standard InChI is InChI=1S/C15H18N4OS/c1-9-3-4-13(21-9)11-7-12(11)15(20)18-5-6-19-10(2)16-17-14(19)8-18/h3-4,11-12H,5-8H2,1-2H3/t11-,12-/m0/s1. The molecule has 0 aromatic carbocycles. The van der Waals surface area contributed by atoms with Crippen molar-refractivity contribution >= 4 is 17.2 Å². The molecule has 2 aliphatic rings. The van der Waals surface area contributed by atoms with E-state index in [1.807, 2.05) is 23.2 Å². The highest BCUT2D eigenvalue weighted by Gasteiger charge is 2.47. The first-order valence-electron chi connectivity index (χ1n) is 7.37. The monoisotopic (exact) mass is 302 g/mol. The van der Waals surface area contributed by atoms with Crippen LogP contribution in [0.25, 0.3) is 0 Å². The lowest BCUT2D eigenvalue weighted by atomic mass is 10.2. The number of carbonyl (C=O) groups is 1. The minimum atomic E-state index is 0.179. The van der Waals surface area contributed by atoms with E-state index >= 15 is 0 Å². The number of rotatable bonds is 2. The zero-order chi connectivity index (χ0) is 14.6. The van der Waals surface area contributed by atoms with E-state index in [1.165, 1.54) is 9.75 Å². The molecule has 0 unspecified atom stereocenters. The first kappa shape index (κ1) is 13.0. The van der Waals surface area contributed by atoms with E-state index in [0.717, 1.165) is 31.2 Å². The molecular weight excluding hydrogens is 284 g/mol. The van der Waals surface area contributed by atoms with Gasteiger partial charge in [-0.05, 0) is 32.4 Å². The highest BCUT2D eigenvalue weighted by atomic mass is 32.1. The lowest BCUT2D eigenvalue weighted by Crippen LogP contribution is -2.39. The number of hydrogen-bond acceptors (Lipinski definition) is 4. The van der Waals surface area contributed by atoms with Crippen molar-refractivity contribution in [3.8, 4) is 0 Å². The highest BCUT2D eigenvalue weighted by molar-refractivity contribution is 7.12. The number of fused-ring (bicyclic) bond motifs is 1. The second-order valence-electron chi connectivity index (χ2n) is 5.97. The number of aromatic nitrogens is 3. The quantitative estimate of drug-likeness (QED) is 0.853. The summed E-state index contributed by atoms with van der Waals surface area (Å²) in [4.78, 5) is 17.3. The molecule has 1 saturated carbocycles. The van der Waals surface area contributed by atoms with Crippen molar-refractivity contribution in [2.75, 3.05) is 6.54 Å². The van der Waals surface area contributed by atoms with Gasteiger partial charge in [0.15, 0.2) is 5.82 Å². The van der Waals surface area contributed by atoms with Gasteiger partial charge in [0, 0.05) is 34.7 Å². The van der Waals surface area contributed by atoms with E-state index in [4.69, 9.17) is 0 Å². The first-order chi connectivity index (χ1) is 10.1. The molecule has 5 nitrogen and oxygen atoms in total. The van der Waals surface area contributed by atoms with Crippen molar-refractivity contribution in [2.24, 2.45) is 5.92 Å². The average Bonchev–Trinajstić information content (AvgIpc) is 3.04. The van der Waals surface area contributed by atoms with E-state index in [-0.39, 0.29) is 11.8 Å². The van der Waals surface area contributed by atoms with E-state index in [0.29, 0.717) is 12.5 Å². The van der Waals surface area contributed by atoms with E-state index in [9.17, 15) is 4.79 Å². The molecule has 6 heteroatoms. The molecule has 1 amide bonds. The molecule has 2 aromatic heterocycles. The summed E-state index contributed by atoms with van der Waals surface area (Å²) in [6, 6.07) is 4.32. The molecule has 2 atom stereocenters. The van der Waals surface area contributed by atoms with Gasteiger partial charge in [-0.1, -0.05) is 0 Å². The molecule has 1 aliphatic carbocycles. The van der Waals surface area contributed by atoms with Crippen LogP contribution in [0.2, 0.25) is 0 Å². The molecule has 2 aromatic rings. The van der Waals surface area contributed by atoms with Crippen molar-refractivity contribution < 1.29 is 4.79 Å². The van der Waals surface area contributed by atoms with Crippen LogP contribution >= 0.6 is 11.3 Å². The van der Waals surface area contributed by atoms with Crippen LogP contribution in [0.3, 0.4) is 0 Å². The molecule has 110 valence electrons. The predicted octanol–water partition coefficient (Wildman–Crippen LogP) is 2.10.